The third-order valence-electron chi connectivity index (χ3n) is 6.32. The summed E-state index contributed by atoms with van der Waals surface area (Å²) in [6.07, 6.45) is 1.94. The number of piperidine rings is 1. The Morgan fingerprint density at radius 3 is 2.83 bits per heavy atom. The maximum absolute atomic E-state index is 13.1. The molecule has 0 bridgehead atoms. The first-order valence-electron chi connectivity index (χ1n) is 11.4. The number of aromatic nitrogens is 3. The van der Waals surface area contributed by atoms with Crippen LogP contribution in [0.4, 0.5) is 5.69 Å². The van der Waals surface area contributed by atoms with Crippen molar-refractivity contribution in [3.63, 3.8) is 0 Å². The second-order valence-electron chi connectivity index (χ2n) is 8.57. The highest BCUT2D eigenvalue weighted by Crippen LogP contribution is 2.37. The number of para-hydroxylation sites is 1. The third-order valence-corrected chi connectivity index (χ3v) is 6.32. The Hall–Kier alpha value is -4.74. The number of nitrogens with one attached hydrogen (secondary N) is 2. The van der Waals surface area contributed by atoms with Gasteiger partial charge in [-0.25, -0.2) is 4.68 Å². The monoisotopic (exact) mass is 488 g/mol. The van der Waals surface area contributed by atoms with Crippen LogP contribution in [0.1, 0.15) is 39.3 Å². The van der Waals surface area contributed by atoms with Gasteiger partial charge in [-0.2, -0.15) is 0 Å². The zero-order valence-corrected chi connectivity index (χ0v) is 18.9. The molecule has 36 heavy (non-hydrogen) atoms. The van der Waals surface area contributed by atoms with Crippen molar-refractivity contribution in [2.24, 2.45) is 0 Å². The van der Waals surface area contributed by atoms with Crippen LogP contribution < -0.4 is 20.1 Å². The molecule has 182 valence electrons. The Labute approximate surface area is 204 Å². The van der Waals surface area contributed by atoms with E-state index >= 15 is 0 Å². The Morgan fingerprint density at radius 1 is 1.11 bits per heavy atom. The SMILES string of the molecule is O=C1CCC(N2Cc3ccc(-n4cc(C(=O)Nc5cccc6c5OCCO6)nn4)cc3C2=O)C(=O)N1. The van der Waals surface area contributed by atoms with Crippen LogP contribution in [-0.4, -0.2) is 62.8 Å². The summed E-state index contributed by atoms with van der Waals surface area (Å²) < 4.78 is 12.6. The van der Waals surface area contributed by atoms with E-state index in [1.165, 1.54) is 15.8 Å². The predicted octanol–water partition coefficient (Wildman–Crippen LogP) is 1.05. The number of benzene rings is 2. The molecule has 4 amide bonds. The van der Waals surface area contributed by atoms with Gasteiger partial charge in [0, 0.05) is 18.5 Å². The first-order valence-corrected chi connectivity index (χ1v) is 11.4. The lowest BCUT2D eigenvalue weighted by Gasteiger charge is -2.29. The molecule has 2 aromatic carbocycles. The number of rotatable bonds is 4. The largest absolute Gasteiger partial charge is 0.486 e. The maximum atomic E-state index is 13.1. The van der Waals surface area contributed by atoms with E-state index in [2.05, 4.69) is 20.9 Å². The second-order valence-corrected chi connectivity index (χ2v) is 8.57. The van der Waals surface area contributed by atoms with Gasteiger partial charge in [0.1, 0.15) is 19.3 Å². The van der Waals surface area contributed by atoms with Crippen molar-refractivity contribution in [1.82, 2.24) is 25.2 Å². The molecule has 4 heterocycles. The molecule has 1 saturated heterocycles. The normalized spacial score (nSPS) is 18.6. The van der Waals surface area contributed by atoms with E-state index in [0.717, 1.165) is 5.56 Å². The van der Waals surface area contributed by atoms with Gasteiger partial charge in [0.15, 0.2) is 17.2 Å². The molecule has 12 nitrogen and oxygen atoms in total. The fourth-order valence-electron chi connectivity index (χ4n) is 4.54. The minimum Gasteiger partial charge on any atom is -0.486 e. The molecule has 3 aliphatic rings. The lowest BCUT2D eigenvalue weighted by molar-refractivity contribution is -0.136. The van der Waals surface area contributed by atoms with Crippen LogP contribution in [0.5, 0.6) is 11.5 Å². The van der Waals surface area contributed by atoms with Crippen LogP contribution in [0.25, 0.3) is 5.69 Å². The van der Waals surface area contributed by atoms with Gasteiger partial charge in [-0.15, -0.1) is 5.10 Å². The zero-order valence-electron chi connectivity index (χ0n) is 18.9. The average Bonchev–Trinajstić information content (AvgIpc) is 3.50. The summed E-state index contributed by atoms with van der Waals surface area (Å²) in [6.45, 7) is 1.10. The summed E-state index contributed by atoms with van der Waals surface area (Å²) in [6, 6.07) is 9.72. The van der Waals surface area contributed by atoms with Crippen LogP contribution in [-0.2, 0) is 16.1 Å². The number of carbonyl (C=O) groups excluding carboxylic acids is 4. The third kappa shape index (κ3) is 3.72. The van der Waals surface area contributed by atoms with Gasteiger partial charge >= 0.3 is 0 Å². The molecule has 0 radical (unpaired) electrons. The summed E-state index contributed by atoms with van der Waals surface area (Å²) >= 11 is 0. The molecular weight excluding hydrogens is 468 g/mol. The Bertz CT molecular complexity index is 1430. The lowest BCUT2D eigenvalue weighted by Crippen LogP contribution is -2.52. The van der Waals surface area contributed by atoms with E-state index in [1.807, 2.05) is 0 Å². The number of fused-ring (bicyclic) bond motifs is 2. The van der Waals surface area contributed by atoms with Crippen molar-refractivity contribution in [3.05, 3.63) is 59.4 Å². The van der Waals surface area contributed by atoms with Crippen molar-refractivity contribution in [2.75, 3.05) is 18.5 Å². The number of nitrogens with zero attached hydrogens (tertiary/aromatic N) is 4. The summed E-state index contributed by atoms with van der Waals surface area (Å²) in [5, 5.41) is 13.1. The van der Waals surface area contributed by atoms with Crippen molar-refractivity contribution >= 4 is 29.3 Å². The van der Waals surface area contributed by atoms with Crippen LogP contribution in [0, 0.1) is 0 Å². The van der Waals surface area contributed by atoms with Gasteiger partial charge in [0.05, 0.1) is 17.6 Å². The quantitative estimate of drug-likeness (QED) is 0.519. The second kappa shape index (κ2) is 8.48. The zero-order chi connectivity index (χ0) is 24.8. The number of hydrogen-bond donors (Lipinski definition) is 2. The highest BCUT2D eigenvalue weighted by molar-refractivity contribution is 6.06. The Kier molecular flexibility index (Phi) is 5.13. The molecule has 12 heteroatoms. The molecule has 2 N–H and O–H groups in total. The standard InChI is InChI=1S/C24H20N6O6/c31-20-7-6-18(23(33)26-20)29-11-13-4-5-14(10-15(13)24(29)34)30-12-17(27-28-30)22(32)25-16-2-1-3-19-21(16)36-9-8-35-19/h1-5,10,12,18H,6-9,11H2,(H,25,32)(H,26,31,33). The molecular formula is C24H20N6O6. The van der Waals surface area contributed by atoms with E-state index in [0.29, 0.717) is 48.1 Å². The molecule has 3 aliphatic heterocycles. The highest BCUT2D eigenvalue weighted by Gasteiger charge is 2.39. The first kappa shape index (κ1) is 21.8. The lowest BCUT2D eigenvalue weighted by atomic mass is 10.0. The van der Waals surface area contributed by atoms with E-state index in [4.69, 9.17) is 9.47 Å². The number of anilines is 1. The van der Waals surface area contributed by atoms with Gasteiger partial charge in [-0.3, -0.25) is 24.5 Å². The van der Waals surface area contributed by atoms with E-state index < -0.39 is 17.9 Å². The summed E-state index contributed by atoms with van der Waals surface area (Å²) in [5.41, 5.74) is 2.27. The molecule has 6 rings (SSSR count). The summed E-state index contributed by atoms with van der Waals surface area (Å²) in [5.74, 6) is -0.558. The van der Waals surface area contributed by atoms with E-state index in [1.54, 1.807) is 36.4 Å². The number of ether oxygens (including phenoxy) is 2. The number of hydrogen-bond acceptors (Lipinski definition) is 8. The van der Waals surface area contributed by atoms with E-state index in [9.17, 15) is 19.2 Å². The van der Waals surface area contributed by atoms with Gasteiger partial charge in [-0.05, 0) is 36.2 Å². The first-order chi connectivity index (χ1) is 17.5. The smallest absolute Gasteiger partial charge is 0.277 e. The minimum absolute atomic E-state index is 0.0707. The fourth-order valence-corrected chi connectivity index (χ4v) is 4.54. The van der Waals surface area contributed by atoms with Crippen molar-refractivity contribution in [3.8, 4) is 17.2 Å². The number of imide groups is 1. The van der Waals surface area contributed by atoms with Gasteiger partial charge < -0.3 is 19.7 Å². The molecule has 1 aromatic heterocycles. The minimum atomic E-state index is -0.689. The highest BCUT2D eigenvalue weighted by atomic mass is 16.6. The molecule has 1 atom stereocenters. The molecule has 1 unspecified atom stereocenters. The van der Waals surface area contributed by atoms with E-state index in [-0.39, 0.29) is 30.5 Å². The van der Waals surface area contributed by atoms with Crippen LogP contribution >= 0.6 is 0 Å². The molecule has 1 fully saturated rings. The van der Waals surface area contributed by atoms with Gasteiger partial charge in [0.25, 0.3) is 11.8 Å². The van der Waals surface area contributed by atoms with Crippen molar-refractivity contribution < 1.29 is 28.7 Å². The average molecular weight is 488 g/mol. The number of carbonyl (C=O) groups is 4. The molecule has 0 saturated carbocycles. The molecule has 3 aromatic rings. The topological polar surface area (TPSA) is 145 Å². The Balaban J connectivity index is 1.20. The fraction of sp³-hybridized carbons (Fsp3) is 0.250. The van der Waals surface area contributed by atoms with Gasteiger partial charge in [0.2, 0.25) is 11.8 Å². The van der Waals surface area contributed by atoms with Crippen LogP contribution in [0.3, 0.4) is 0 Å². The summed E-state index contributed by atoms with van der Waals surface area (Å²) in [7, 11) is 0. The van der Waals surface area contributed by atoms with Crippen molar-refractivity contribution in [2.45, 2.75) is 25.4 Å². The van der Waals surface area contributed by atoms with Crippen LogP contribution in [0.15, 0.2) is 42.6 Å². The van der Waals surface area contributed by atoms with Gasteiger partial charge in [-0.1, -0.05) is 17.3 Å². The summed E-state index contributed by atoms with van der Waals surface area (Å²) in [4.78, 5) is 51.1. The Morgan fingerprint density at radius 2 is 1.97 bits per heavy atom. The van der Waals surface area contributed by atoms with Crippen molar-refractivity contribution in [1.29, 1.82) is 0 Å². The number of amides is 4. The molecule has 0 spiro atoms. The van der Waals surface area contributed by atoms with Crippen LogP contribution in [0.2, 0.25) is 0 Å². The maximum Gasteiger partial charge on any atom is 0.277 e. The predicted molar refractivity (Wildman–Crippen MR) is 123 cm³/mol. The molecule has 0 aliphatic carbocycles.